The van der Waals surface area contributed by atoms with Crippen LogP contribution in [0, 0.1) is 12.8 Å². The van der Waals surface area contributed by atoms with Crippen molar-refractivity contribution in [1.29, 1.82) is 0 Å². The average Bonchev–Trinajstić information content (AvgIpc) is 3.24. The minimum absolute atomic E-state index is 0.0253. The minimum atomic E-state index is -0.369. The highest BCUT2D eigenvalue weighted by molar-refractivity contribution is 5.89. The largest absolute Gasteiger partial charge is 0.372 e. The van der Waals surface area contributed by atoms with Gasteiger partial charge in [0.25, 0.3) is 0 Å². The highest BCUT2D eigenvalue weighted by atomic mass is 16.5. The number of hydrogen-bond acceptors (Lipinski definition) is 5. The molecule has 1 saturated heterocycles. The lowest BCUT2D eigenvalue weighted by atomic mass is 9.98. The smallest absolute Gasteiger partial charge is 0.316 e. The molecule has 0 radical (unpaired) electrons. The number of anilines is 1. The summed E-state index contributed by atoms with van der Waals surface area (Å²) in [7, 11) is 0. The molecule has 2 aromatic carbocycles. The van der Waals surface area contributed by atoms with Crippen molar-refractivity contribution in [2.75, 3.05) is 18.0 Å². The Morgan fingerprint density at radius 2 is 1.86 bits per heavy atom. The summed E-state index contributed by atoms with van der Waals surface area (Å²) in [6.07, 6.45) is 2.46. The van der Waals surface area contributed by atoms with Crippen LogP contribution in [-0.2, 0) is 6.54 Å². The Balaban J connectivity index is 1.39. The van der Waals surface area contributed by atoms with E-state index in [1.807, 2.05) is 43.3 Å². The highest BCUT2D eigenvalue weighted by Gasteiger charge is 2.18. The molecule has 29 heavy (non-hydrogen) atoms. The Labute approximate surface area is 170 Å². The molecule has 150 valence electrons. The van der Waals surface area contributed by atoms with Crippen LogP contribution < -0.4 is 10.2 Å². The van der Waals surface area contributed by atoms with Crippen LogP contribution in [0.1, 0.15) is 41.6 Å². The van der Waals surface area contributed by atoms with Gasteiger partial charge < -0.3 is 14.7 Å². The van der Waals surface area contributed by atoms with Crippen molar-refractivity contribution in [2.24, 2.45) is 5.92 Å². The van der Waals surface area contributed by atoms with Gasteiger partial charge in [-0.2, -0.15) is 4.98 Å². The quantitative estimate of drug-likeness (QED) is 0.707. The topological polar surface area (TPSA) is 71.3 Å². The molecule has 1 N–H and O–H groups in total. The van der Waals surface area contributed by atoms with Crippen molar-refractivity contribution < 1.29 is 9.32 Å². The highest BCUT2D eigenvalue weighted by Crippen LogP contribution is 2.25. The number of piperidine rings is 1. The monoisotopic (exact) mass is 390 g/mol. The summed E-state index contributed by atoms with van der Waals surface area (Å²) in [4.78, 5) is 19.0. The van der Waals surface area contributed by atoms with Gasteiger partial charge in [0, 0.05) is 30.9 Å². The molecule has 0 bridgehead atoms. The van der Waals surface area contributed by atoms with Gasteiger partial charge in [0.2, 0.25) is 5.82 Å². The van der Waals surface area contributed by atoms with Crippen molar-refractivity contribution in [1.82, 2.24) is 15.5 Å². The van der Waals surface area contributed by atoms with Gasteiger partial charge in [0.15, 0.2) is 0 Å². The van der Waals surface area contributed by atoms with Gasteiger partial charge in [0.05, 0.1) is 0 Å². The van der Waals surface area contributed by atoms with Gasteiger partial charge in [0.1, 0.15) is 0 Å². The van der Waals surface area contributed by atoms with Gasteiger partial charge in [-0.15, -0.1) is 0 Å². The molecule has 1 aromatic heterocycles. The summed E-state index contributed by atoms with van der Waals surface area (Å²) < 4.78 is 5.17. The van der Waals surface area contributed by atoms with E-state index in [4.69, 9.17) is 4.52 Å². The van der Waals surface area contributed by atoms with Crippen LogP contribution in [0.25, 0.3) is 11.4 Å². The second-order valence-corrected chi connectivity index (χ2v) is 7.75. The van der Waals surface area contributed by atoms with Gasteiger partial charge in [-0.05, 0) is 61.1 Å². The molecular formula is C23H26N4O2. The van der Waals surface area contributed by atoms with E-state index >= 15 is 0 Å². The molecule has 6 heteroatoms. The Bertz CT molecular complexity index is 973. The van der Waals surface area contributed by atoms with E-state index in [-0.39, 0.29) is 11.8 Å². The Morgan fingerprint density at radius 3 is 2.59 bits per heavy atom. The van der Waals surface area contributed by atoms with Gasteiger partial charge in [-0.3, -0.25) is 4.79 Å². The molecule has 0 unspecified atom stereocenters. The zero-order valence-electron chi connectivity index (χ0n) is 16.9. The normalized spacial score (nSPS) is 14.8. The lowest BCUT2D eigenvalue weighted by molar-refractivity contribution is 0.0907. The number of amides is 1. The number of nitrogens with zero attached hydrogens (tertiary/aromatic N) is 3. The first-order valence-electron chi connectivity index (χ1n) is 10.1. The zero-order valence-corrected chi connectivity index (χ0v) is 16.9. The van der Waals surface area contributed by atoms with Gasteiger partial charge >= 0.3 is 11.8 Å². The van der Waals surface area contributed by atoms with Crippen molar-refractivity contribution in [3.05, 3.63) is 65.5 Å². The first-order chi connectivity index (χ1) is 14.1. The Kier molecular flexibility index (Phi) is 5.60. The van der Waals surface area contributed by atoms with Crippen molar-refractivity contribution >= 4 is 11.6 Å². The predicted octanol–water partition coefficient (Wildman–Crippen LogP) is 4.21. The molecule has 1 aliphatic heterocycles. The molecule has 1 fully saturated rings. The molecule has 6 nitrogen and oxygen atoms in total. The molecule has 1 amide bonds. The maximum absolute atomic E-state index is 12.3. The molecule has 4 rings (SSSR count). The maximum Gasteiger partial charge on any atom is 0.316 e. The molecule has 1 aliphatic rings. The fraction of sp³-hybridized carbons (Fsp3) is 0.348. The molecule has 0 saturated carbocycles. The van der Waals surface area contributed by atoms with E-state index in [1.54, 1.807) is 0 Å². The predicted molar refractivity (Wildman–Crippen MR) is 113 cm³/mol. The first-order valence-corrected chi connectivity index (χ1v) is 10.1. The second kappa shape index (κ2) is 8.47. The average molecular weight is 390 g/mol. The van der Waals surface area contributed by atoms with Crippen LogP contribution in [0.15, 0.2) is 53.1 Å². The van der Waals surface area contributed by atoms with E-state index < -0.39 is 0 Å². The Hall–Kier alpha value is -3.15. The number of carbonyl (C=O) groups is 1. The number of benzene rings is 2. The number of aromatic nitrogens is 2. The van der Waals surface area contributed by atoms with Gasteiger partial charge in [-0.1, -0.05) is 36.3 Å². The van der Waals surface area contributed by atoms with Crippen molar-refractivity contribution in [2.45, 2.75) is 33.2 Å². The molecule has 0 aliphatic carbocycles. The van der Waals surface area contributed by atoms with Crippen LogP contribution in [0.2, 0.25) is 0 Å². The summed E-state index contributed by atoms with van der Waals surface area (Å²) in [5, 5.41) is 6.81. The SMILES string of the molecule is Cc1ccccc1CNC(=O)c1nc(-c2ccc(N3CCC(C)CC3)cc2)no1. The number of nitrogens with one attached hydrogen (secondary N) is 1. The van der Waals surface area contributed by atoms with Crippen molar-refractivity contribution in [3.63, 3.8) is 0 Å². The first kappa shape index (κ1) is 19.2. The minimum Gasteiger partial charge on any atom is -0.372 e. The summed E-state index contributed by atoms with van der Waals surface area (Å²) in [5.74, 6) is 0.832. The summed E-state index contributed by atoms with van der Waals surface area (Å²) >= 11 is 0. The third kappa shape index (κ3) is 4.47. The van der Waals surface area contributed by atoms with E-state index in [0.29, 0.717) is 12.4 Å². The summed E-state index contributed by atoms with van der Waals surface area (Å²) in [5.41, 5.74) is 4.23. The maximum atomic E-state index is 12.3. The van der Waals surface area contributed by atoms with Crippen LogP contribution in [0.4, 0.5) is 5.69 Å². The standard InChI is InChI=1S/C23H26N4O2/c1-16-11-13-27(14-12-16)20-9-7-18(8-10-20)21-25-23(29-26-21)22(28)24-15-19-6-4-3-5-17(19)2/h3-10,16H,11-15H2,1-2H3,(H,24,28). The van der Waals surface area contributed by atoms with Crippen LogP contribution in [0.5, 0.6) is 0 Å². The number of carbonyl (C=O) groups excluding carboxylic acids is 1. The molecular weight excluding hydrogens is 364 g/mol. The molecule has 2 heterocycles. The fourth-order valence-corrected chi connectivity index (χ4v) is 3.58. The van der Waals surface area contributed by atoms with Gasteiger partial charge in [-0.25, -0.2) is 0 Å². The van der Waals surface area contributed by atoms with Crippen LogP contribution in [-0.4, -0.2) is 29.1 Å². The number of hydrogen-bond donors (Lipinski definition) is 1. The third-order valence-electron chi connectivity index (χ3n) is 5.60. The van der Waals surface area contributed by atoms with Crippen molar-refractivity contribution in [3.8, 4) is 11.4 Å². The fourth-order valence-electron chi connectivity index (χ4n) is 3.58. The van der Waals surface area contributed by atoms with E-state index in [1.165, 1.54) is 18.5 Å². The molecule has 0 atom stereocenters. The second-order valence-electron chi connectivity index (χ2n) is 7.75. The van der Waals surface area contributed by atoms with E-state index in [0.717, 1.165) is 35.7 Å². The third-order valence-corrected chi connectivity index (χ3v) is 5.60. The summed E-state index contributed by atoms with van der Waals surface area (Å²) in [6, 6.07) is 16.1. The molecule has 0 spiro atoms. The lowest BCUT2D eigenvalue weighted by Gasteiger charge is -2.32. The molecule has 3 aromatic rings. The Morgan fingerprint density at radius 1 is 1.14 bits per heavy atom. The summed E-state index contributed by atoms with van der Waals surface area (Å²) in [6.45, 7) is 6.93. The zero-order chi connectivity index (χ0) is 20.2. The van der Waals surface area contributed by atoms with E-state index in [2.05, 4.69) is 39.4 Å². The number of aryl methyl sites for hydroxylation is 1. The number of rotatable bonds is 5. The van der Waals surface area contributed by atoms with Crippen LogP contribution in [0.3, 0.4) is 0 Å². The van der Waals surface area contributed by atoms with E-state index in [9.17, 15) is 4.79 Å². The lowest BCUT2D eigenvalue weighted by Crippen LogP contribution is -2.32. The van der Waals surface area contributed by atoms with Crippen LogP contribution >= 0.6 is 0 Å².